The van der Waals surface area contributed by atoms with Crippen LogP contribution in [0.15, 0.2) is 42.6 Å². The molecule has 98 valence electrons. The summed E-state index contributed by atoms with van der Waals surface area (Å²) in [5, 5.41) is 2.60. The minimum absolute atomic E-state index is 0.0513. The molecule has 1 aromatic heterocycles. The van der Waals surface area contributed by atoms with E-state index >= 15 is 0 Å². The molecule has 1 aromatic carbocycles. The van der Waals surface area contributed by atoms with E-state index in [2.05, 4.69) is 10.3 Å². The Morgan fingerprint density at radius 2 is 2.11 bits per heavy atom. The third kappa shape index (κ3) is 3.51. The summed E-state index contributed by atoms with van der Waals surface area (Å²) in [5.41, 5.74) is 0.849. The fourth-order valence-electron chi connectivity index (χ4n) is 1.49. The van der Waals surface area contributed by atoms with Crippen LogP contribution in [0.4, 0.5) is 10.2 Å². The van der Waals surface area contributed by atoms with Gasteiger partial charge in [0.2, 0.25) is 0 Å². The summed E-state index contributed by atoms with van der Waals surface area (Å²) >= 11 is 0. The molecule has 0 saturated heterocycles. The number of para-hydroxylation sites is 1. The van der Waals surface area contributed by atoms with Crippen LogP contribution >= 0.6 is 0 Å². The topological polar surface area (TPSA) is 51.2 Å². The number of halogens is 1. The van der Waals surface area contributed by atoms with Crippen molar-refractivity contribution in [3.8, 4) is 5.75 Å². The molecule has 0 aliphatic carbocycles. The first-order chi connectivity index (χ1) is 9.16. The van der Waals surface area contributed by atoms with E-state index in [1.54, 1.807) is 24.4 Å². The van der Waals surface area contributed by atoms with Gasteiger partial charge in [-0.05, 0) is 30.7 Å². The summed E-state index contributed by atoms with van der Waals surface area (Å²) < 4.78 is 18.4. The van der Waals surface area contributed by atoms with E-state index in [1.807, 2.05) is 13.0 Å². The highest BCUT2D eigenvalue weighted by Gasteiger charge is 2.08. The Balaban J connectivity index is 1.92. The van der Waals surface area contributed by atoms with Crippen molar-refractivity contribution in [1.29, 1.82) is 0 Å². The maximum atomic E-state index is 13.3. The molecule has 0 aliphatic heterocycles. The average Bonchev–Trinajstić information content (AvgIpc) is 2.40. The largest absolute Gasteiger partial charge is 0.481 e. The zero-order chi connectivity index (χ0) is 13.7. The fraction of sp³-hybridized carbons (Fsp3) is 0.143. The Labute approximate surface area is 110 Å². The lowest BCUT2D eigenvalue weighted by Crippen LogP contribution is -2.21. The first-order valence-electron chi connectivity index (χ1n) is 5.75. The van der Waals surface area contributed by atoms with E-state index in [9.17, 15) is 9.18 Å². The number of hydrogen-bond donors (Lipinski definition) is 1. The van der Waals surface area contributed by atoms with Gasteiger partial charge in [-0.1, -0.05) is 18.2 Å². The Morgan fingerprint density at radius 1 is 1.32 bits per heavy atom. The maximum Gasteiger partial charge on any atom is 0.263 e. The minimum Gasteiger partial charge on any atom is -0.481 e. The molecule has 0 radical (unpaired) electrons. The van der Waals surface area contributed by atoms with E-state index < -0.39 is 5.82 Å². The highest BCUT2D eigenvalue weighted by molar-refractivity contribution is 5.91. The Hall–Kier alpha value is -2.43. The van der Waals surface area contributed by atoms with Crippen molar-refractivity contribution in [3.63, 3.8) is 0 Å². The first-order valence-corrected chi connectivity index (χ1v) is 5.75. The molecule has 1 amide bonds. The standard InChI is InChI=1S/C14H13FN2O2/c1-10-5-4-8-16-14(10)17-13(18)9-19-12-7-3-2-6-11(12)15/h2-8H,9H2,1H3,(H,16,17,18). The van der Waals surface area contributed by atoms with Crippen molar-refractivity contribution in [3.05, 3.63) is 54.0 Å². The summed E-state index contributed by atoms with van der Waals surface area (Å²) in [4.78, 5) is 15.7. The molecule has 0 unspecified atom stereocenters. The van der Waals surface area contributed by atoms with Crippen LogP contribution in [-0.2, 0) is 4.79 Å². The number of nitrogens with one attached hydrogen (secondary N) is 1. The summed E-state index contributed by atoms with van der Waals surface area (Å²) in [7, 11) is 0. The lowest BCUT2D eigenvalue weighted by molar-refractivity contribution is -0.118. The van der Waals surface area contributed by atoms with Crippen molar-refractivity contribution in [2.45, 2.75) is 6.92 Å². The number of benzene rings is 1. The quantitative estimate of drug-likeness (QED) is 0.919. The van der Waals surface area contributed by atoms with Gasteiger partial charge in [0.05, 0.1) is 0 Å². The van der Waals surface area contributed by atoms with E-state index in [0.29, 0.717) is 5.82 Å². The van der Waals surface area contributed by atoms with Crippen LogP contribution in [-0.4, -0.2) is 17.5 Å². The molecule has 1 N–H and O–H groups in total. The van der Waals surface area contributed by atoms with E-state index in [-0.39, 0.29) is 18.3 Å². The molecule has 1 heterocycles. The predicted octanol–water partition coefficient (Wildman–Crippen LogP) is 2.55. The van der Waals surface area contributed by atoms with Crippen LogP contribution in [0, 0.1) is 12.7 Å². The second-order valence-electron chi connectivity index (χ2n) is 3.94. The summed E-state index contributed by atoms with van der Waals surface area (Å²) in [6, 6.07) is 9.55. The monoisotopic (exact) mass is 260 g/mol. The average molecular weight is 260 g/mol. The van der Waals surface area contributed by atoms with Crippen molar-refractivity contribution in [2.75, 3.05) is 11.9 Å². The number of rotatable bonds is 4. The van der Waals surface area contributed by atoms with Gasteiger partial charge in [0, 0.05) is 6.20 Å². The number of nitrogens with zero attached hydrogens (tertiary/aromatic N) is 1. The van der Waals surface area contributed by atoms with Gasteiger partial charge in [-0.15, -0.1) is 0 Å². The molecule has 5 heteroatoms. The van der Waals surface area contributed by atoms with Gasteiger partial charge in [-0.3, -0.25) is 4.79 Å². The van der Waals surface area contributed by atoms with Crippen molar-refractivity contribution >= 4 is 11.7 Å². The van der Waals surface area contributed by atoms with Crippen molar-refractivity contribution in [2.24, 2.45) is 0 Å². The number of amides is 1. The fourth-order valence-corrected chi connectivity index (χ4v) is 1.49. The predicted molar refractivity (Wildman–Crippen MR) is 69.5 cm³/mol. The lowest BCUT2D eigenvalue weighted by atomic mass is 10.3. The molecule has 2 rings (SSSR count). The van der Waals surface area contributed by atoms with Crippen LogP contribution in [0.1, 0.15) is 5.56 Å². The minimum atomic E-state index is -0.496. The molecule has 19 heavy (non-hydrogen) atoms. The number of aryl methyl sites for hydroxylation is 1. The van der Waals surface area contributed by atoms with E-state index in [4.69, 9.17) is 4.74 Å². The van der Waals surface area contributed by atoms with Crippen LogP contribution in [0.5, 0.6) is 5.75 Å². The number of carbonyl (C=O) groups is 1. The number of anilines is 1. The summed E-state index contributed by atoms with van der Waals surface area (Å²) in [6.07, 6.45) is 1.58. The Bertz CT molecular complexity index is 587. The molecule has 0 spiro atoms. The highest BCUT2D eigenvalue weighted by Crippen LogP contribution is 2.15. The molecular formula is C14H13FN2O2. The maximum absolute atomic E-state index is 13.3. The molecule has 0 saturated carbocycles. The van der Waals surface area contributed by atoms with Crippen molar-refractivity contribution < 1.29 is 13.9 Å². The van der Waals surface area contributed by atoms with Crippen molar-refractivity contribution in [1.82, 2.24) is 4.98 Å². The number of ether oxygens (including phenoxy) is 1. The zero-order valence-electron chi connectivity index (χ0n) is 10.4. The van der Waals surface area contributed by atoms with Crippen LogP contribution in [0.2, 0.25) is 0 Å². The van der Waals surface area contributed by atoms with Gasteiger partial charge in [0.1, 0.15) is 5.82 Å². The number of hydrogen-bond acceptors (Lipinski definition) is 3. The molecule has 0 atom stereocenters. The lowest BCUT2D eigenvalue weighted by Gasteiger charge is -2.08. The SMILES string of the molecule is Cc1cccnc1NC(=O)COc1ccccc1F. The Morgan fingerprint density at radius 3 is 2.84 bits per heavy atom. The van der Waals surface area contributed by atoms with E-state index in [1.165, 1.54) is 12.1 Å². The van der Waals surface area contributed by atoms with Gasteiger partial charge in [-0.25, -0.2) is 9.37 Å². The molecule has 4 nitrogen and oxygen atoms in total. The molecule has 2 aromatic rings. The van der Waals surface area contributed by atoms with Gasteiger partial charge < -0.3 is 10.1 Å². The van der Waals surface area contributed by atoms with E-state index in [0.717, 1.165) is 5.56 Å². The van der Waals surface area contributed by atoms with Gasteiger partial charge >= 0.3 is 0 Å². The molecule has 0 aliphatic rings. The molecule has 0 bridgehead atoms. The number of carbonyl (C=O) groups excluding carboxylic acids is 1. The number of pyridine rings is 1. The zero-order valence-corrected chi connectivity index (χ0v) is 10.4. The number of aromatic nitrogens is 1. The van der Waals surface area contributed by atoms with Gasteiger partial charge in [0.15, 0.2) is 18.2 Å². The highest BCUT2D eigenvalue weighted by atomic mass is 19.1. The molecule has 0 fully saturated rings. The van der Waals surface area contributed by atoms with Gasteiger partial charge in [0.25, 0.3) is 5.91 Å². The van der Waals surface area contributed by atoms with Crippen LogP contribution < -0.4 is 10.1 Å². The third-order valence-electron chi connectivity index (χ3n) is 2.46. The second kappa shape index (κ2) is 5.95. The van der Waals surface area contributed by atoms with Gasteiger partial charge in [-0.2, -0.15) is 0 Å². The summed E-state index contributed by atoms with van der Waals surface area (Å²) in [5.74, 6) is -0.352. The second-order valence-corrected chi connectivity index (χ2v) is 3.94. The van der Waals surface area contributed by atoms with Crippen LogP contribution in [0.25, 0.3) is 0 Å². The Kier molecular flexibility index (Phi) is 4.07. The van der Waals surface area contributed by atoms with Crippen LogP contribution in [0.3, 0.4) is 0 Å². The normalized spacial score (nSPS) is 10.0. The first kappa shape index (κ1) is 13.0. The summed E-state index contributed by atoms with van der Waals surface area (Å²) in [6.45, 7) is 1.57. The smallest absolute Gasteiger partial charge is 0.263 e. The molecular weight excluding hydrogens is 247 g/mol. The third-order valence-corrected chi connectivity index (χ3v) is 2.46.